The van der Waals surface area contributed by atoms with Gasteiger partial charge in [0, 0.05) is 19.8 Å². The fourth-order valence-corrected chi connectivity index (χ4v) is 1.70. The lowest BCUT2D eigenvalue weighted by molar-refractivity contribution is 0.153. The molecule has 0 amide bonds. The maximum absolute atomic E-state index is 5.65. The average Bonchev–Trinajstić information content (AvgIpc) is 2.20. The monoisotopic (exact) mass is 230 g/mol. The van der Waals surface area contributed by atoms with Crippen molar-refractivity contribution in [3.63, 3.8) is 0 Å². The Kier molecular flexibility index (Phi) is 7.20. The van der Waals surface area contributed by atoms with E-state index in [1.807, 2.05) is 0 Å². The Balaban J connectivity index is 4.18. The number of rotatable bonds is 7. The zero-order valence-electron chi connectivity index (χ0n) is 11.8. The lowest BCUT2D eigenvalue weighted by Crippen LogP contribution is -2.42. The molecule has 0 aliphatic rings. The topological polar surface area (TPSA) is 47.3 Å². The number of nitrogens with two attached hydrogens (primary N) is 1. The van der Waals surface area contributed by atoms with Gasteiger partial charge in [-0.1, -0.05) is 34.6 Å². The van der Waals surface area contributed by atoms with Crippen molar-refractivity contribution in [1.29, 1.82) is 0 Å². The summed E-state index contributed by atoms with van der Waals surface area (Å²) in [5, 5.41) is 0. The second-order valence-electron chi connectivity index (χ2n) is 6.03. The van der Waals surface area contributed by atoms with Crippen LogP contribution in [0.2, 0.25) is 0 Å². The molecule has 3 unspecified atom stereocenters. The maximum atomic E-state index is 5.65. The van der Waals surface area contributed by atoms with Crippen LogP contribution in [0.15, 0.2) is 0 Å². The molecule has 3 N–H and O–H groups in total. The Labute approximate surface area is 101 Å². The van der Waals surface area contributed by atoms with Crippen LogP contribution >= 0.6 is 0 Å². The van der Waals surface area contributed by atoms with Crippen LogP contribution in [0.1, 0.15) is 47.5 Å². The van der Waals surface area contributed by atoms with Gasteiger partial charge >= 0.3 is 0 Å². The summed E-state index contributed by atoms with van der Waals surface area (Å²) in [6.45, 7) is 12.2. The van der Waals surface area contributed by atoms with Crippen LogP contribution in [-0.4, -0.2) is 19.8 Å². The number of nitrogens with one attached hydrogen (secondary N) is 1. The van der Waals surface area contributed by atoms with Gasteiger partial charge in [-0.05, 0) is 30.1 Å². The molecule has 0 saturated carbocycles. The third kappa shape index (κ3) is 5.83. The van der Waals surface area contributed by atoms with Crippen LogP contribution in [-0.2, 0) is 4.74 Å². The molecule has 0 aliphatic carbocycles. The summed E-state index contributed by atoms with van der Waals surface area (Å²) in [5.41, 5.74) is 3.30. The molecule has 0 aromatic heterocycles. The normalized spacial score (nSPS) is 18.2. The van der Waals surface area contributed by atoms with Gasteiger partial charge in [-0.3, -0.25) is 11.3 Å². The molecule has 3 nitrogen and oxygen atoms in total. The molecule has 0 fully saturated rings. The van der Waals surface area contributed by atoms with Crippen LogP contribution < -0.4 is 11.3 Å². The van der Waals surface area contributed by atoms with E-state index in [9.17, 15) is 0 Å². The highest BCUT2D eigenvalue weighted by Gasteiger charge is 2.25. The Bertz CT molecular complexity index is 177. The van der Waals surface area contributed by atoms with E-state index in [0.29, 0.717) is 23.3 Å². The first-order valence-corrected chi connectivity index (χ1v) is 6.28. The largest absolute Gasteiger partial charge is 0.385 e. The van der Waals surface area contributed by atoms with Crippen LogP contribution in [0.25, 0.3) is 0 Å². The summed E-state index contributed by atoms with van der Waals surface area (Å²) < 4.78 is 5.11. The molecule has 3 heteroatoms. The first-order chi connectivity index (χ1) is 7.32. The molecule has 0 aromatic rings. The first-order valence-electron chi connectivity index (χ1n) is 6.28. The Morgan fingerprint density at radius 1 is 1.25 bits per heavy atom. The number of hydrazine groups is 1. The van der Waals surface area contributed by atoms with Crippen molar-refractivity contribution in [2.24, 2.45) is 23.1 Å². The minimum Gasteiger partial charge on any atom is -0.385 e. The van der Waals surface area contributed by atoms with Crippen molar-refractivity contribution in [3.05, 3.63) is 0 Å². The van der Waals surface area contributed by atoms with Crippen molar-refractivity contribution < 1.29 is 4.74 Å². The molecule has 0 radical (unpaired) electrons. The smallest absolute Gasteiger partial charge is 0.0465 e. The van der Waals surface area contributed by atoms with Crippen LogP contribution in [0, 0.1) is 17.3 Å². The van der Waals surface area contributed by atoms with E-state index in [0.717, 1.165) is 19.4 Å². The average molecular weight is 230 g/mol. The van der Waals surface area contributed by atoms with E-state index in [2.05, 4.69) is 40.0 Å². The summed E-state index contributed by atoms with van der Waals surface area (Å²) in [4.78, 5) is 0. The van der Waals surface area contributed by atoms with Gasteiger partial charge in [0.15, 0.2) is 0 Å². The van der Waals surface area contributed by atoms with Crippen molar-refractivity contribution in [3.8, 4) is 0 Å². The molecule has 0 heterocycles. The molecule has 0 saturated heterocycles. The summed E-state index contributed by atoms with van der Waals surface area (Å²) in [6, 6.07) is 0.379. The highest BCUT2D eigenvalue weighted by atomic mass is 16.5. The Morgan fingerprint density at radius 3 is 2.19 bits per heavy atom. The van der Waals surface area contributed by atoms with Crippen LogP contribution in [0.4, 0.5) is 0 Å². The summed E-state index contributed by atoms with van der Waals surface area (Å²) in [6.07, 6.45) is 2.17. The first kappa shape index (κ1) is 15.9. The van der Waals surface area contributed by atoms with Gasteiger partial charge in [0.25, 0.3) is 0 Å². The summed E-state index contributed by atoms with van der Waals surface area (Å²) >= 11 is 0. The molecule has 0 rings (SSSR count). The van der Waals surface area contributed by atoms with Gasteiger partial charge in [-0.2, -0.15) is 0 Å². The van der Waals surface area contributed by atoms with Gasteiger partial charge in [0.05, 0.1) is 0 Å². The Hall–Kier alpha value is -0.120. The van der Waals surface area contributed by atoms with Gasteiger partial charge in [-0.25, -0.2) is 0 Å². The molecule has 0 bridgehead atoms. The molecular formula is C13H30N2O. The van der Waals surface area contributed by atoms with Gasteiger partial charge < -0.3 is 4.74 Å². The summed E-state index contributed by atoms with van der Waals surface area (Å²) in [7, 11) is 1.75. The fraction of sp³-hybridized carbons (Fsp3) is 1.00. The van der Waals surface area contributed by atoms with E-state index in [-0.39, 0.29) is 0 Å². The number of ether oxygens (including phenoxy) is 1. The van der Waals surface area contributed by atoms with Gasteiger partial charge in [0.1, 0.15) is 0 Å². The molecule has 0 aromatic carbocycles. The van der Waals surface area contributed by atoms with E-state index >= 15 is 0 Å². The van der Waals surface area contributed by atoms with E-state index in [1.165, 1.54) is 0 Å². The van der Waals surface area contributed by atoms with E-state index in [1.54, 1.807) is 7.11 Å². The summed E-state index contributed by atoms with van der Waals surface area (Å²) in [5.74, 6) is 6.85. The zero-order chi connectivity index (χ0) is 12.8. The van der Waals surface area contributed by atoms with E-state index < -0.39 is 0 Å². The zero-order valence-corrected chi connectivity index (χ0v) is 11.8. The standard InChI is InChI=1S/C13H30N2O/c1-10(7-8-16-6)12(15-14)9-11(2)13(3,4)5/h10-12,15H,7-9,14H2,1-6H3. The van der Waals surface area contributed by atoms with Crippen LogP contribution in [0.5, 0.6) is 0 Å². The molecule has 0 spiro atoms. The second-order valence-corrected chi connectivity index (χ2v) is 6.03. The third-order valence-corrected chi connectivity index (χ3v) is 3.76. The predicted molar refractivity (Wildman–Crippen MR) is 70.0 cm³/mol. The van der Waals surface area contributed by atoms with Crippen molar-refractivity contribution in [2.45, 2.75) is 53.5 Å². The highest BCUT2D eigenvalue weighted by Crippen LogP contribution is 2.30. The van der Waals surface area contributed by atoms with Crippen molar-refractivity contribution in [1.82, 2.24) is 5.43 Å². The molecule has 3 atom stereocenters. The number of hydrogen-bond donors (Lipinski definition) is 2. The molecule has 16 heavy (non-hydrogen) atoms. The van der Waals surface area contributed by atoms with E-state index in [4.69, 9.17) is 10.6 Å². The molecule has 98 valence electrons. The second kappa shape index (κ2) is 7.25. The quantitative estimate of drug-likeness (QED) is 0.522. The van der Waals surface area contributed by atoms with Crippen molar-refractivity contribution >= 4 is 0 Å². The minimum atomic E-state index is 0.343. The van der Waals surface area contributed by atoms with Crippen LogP contribution in [0.3, 0.4) is 0 Å². The lowest BCUT2D eigenvalue weighted by Gasteiger charge is -2.33. The predicted octanol–water partition coefficient (Wildman–Crippen LogP) is 2.56. The number of hydrogen-bond acceptors (Lipinski definition) is 3. The lowest BCUT2D eigenvalue weighted by atomic mass is 9.76. The molecular weight excluding hydrogens is 200 g/mol. The van der Waals surface area contributed by atoms with Crippen molar-refractivity contribution in [2.75, 3.05) is 13.7 Å². The third-order valence-electron chi connectivity index (χ3n) is 3.76. The highest BCUT2D eigenvalue weighted by molar-refractivity contribution is 4.79. The number of methoxy groups -OCH3 is 1. The maximum Gasteiger partial charge on any atom is 0.0465 e. The Morgan fingerprint density at radius 2 is 1.81 bits per heavy atom. The molecule has 0 aliphatic heterocycles. The fourth-order valence-electron chi connectivity index (χ4n) is 1.70. The van der Waals surface area contributed by atoms with Gasteiger partial charge in [-0.15, -0.1) is 0 Å². The SMILES string of the molecule is COCCC(C)C(CC(C)C(C)(C)C)NN. The van der Waals surface area contributed by atoms with Gasteiger partial charge in [0.2, 0.25) is 0 Å². The minimum absolute atomic E-state index is 0.343.